The minimum atomic E-state index is -3.39. The monoisotopic (exact) mass is 325 g/mol. The van der Waals surface area contributed by atoms with E-state index >= 15 is 0 Å². The SMILES string of the molecule is CNS(=O)(=O)c1ccc(CNc2ccc3nnnn3n2)s1. The van der Waals surface area contributed by atoms with Crippen LogP contribution in [-0.2, 0) is 16.6 Å². The maximum Gasteiger partial charge on any atom is 0.249 e. The Morgan fingerprint density at radius 1 is 1.29 bits per heavy atom. The second-order valence-electron chi connectivity index (χ2n) is 4.03. The molecule has 9 nitrogen and oxygen atoms in total. The van der Waals surface area contributed by atoms with Crippen LogP contribution in [0.4, 0.5) is 5.82 Å². The lowest BCUT2D eigenvalue weighted by atomic mass is 10.4. The zero-order valence-electron chi connectivity index (χ0n) is 10.9. The Kier molecular flexibility index (Phi) is 3.53. The first-order valence-corrected chi connectivity index (χ1v) is 8.20. The fourth-order valence-corrected chi connectivity index (χ4v) is 3.75. The Morgan fingerprint density at radius 3 is 2.95 bits per heavy atom. The summed E-state index contributed by atoms with van der Waals surface area (Å²) in [7, 11) is -2.00. The van der Waals surface area contributed by atoms with Crippen molar-refractivity contribution in [2.24, 2.45) is 0 Å². The van der Waals surface area contributed by atoms with Gasteiger partial charge in [0.1, 0.15) is 10.0 Å². The topological polar surface area (TPSA) is 114 Å². The molecule has 0 aliphatic rings. The molecule has 0 amide bonds. The quantitative estimate of drug-likeness (QED) is 0.684. The molecule has 0 aliphatic heterocycles. The van der Waals surface area contributed by atoms with Gasteiger partial charge >= 0.3 is 0 Å². The summed E-state index contributed by atoms with van der Waals surface area (Å²) in [5.74, 6) is 0.598. The second-order valence-corrected chi connectivity index (χ2v) is 7.31. The second kappa shape index (κ2) is 5.35. The van der Waals surface area contributed by atoms with Gasteiger partial charge in [-0.15, -0.1) is 26.2 Å². The zero-order valence-corrected chi connectivity index (χ0v) is 12.5. The summed E-state index contributed by atoms with van der Waals surface area (Å²) in [5, 5.41) is 18.2. The molecule has 0 unspecified atom stereocenters. The first-order chi connectivity index (χ1) is 10.1. The van der Waals surface area contributed by atoms with E-state index in [1.54, 1.807) is 24.3 Å². The average Bonchev–Trinajstić information content (AvgIpc) is 3.13. The Balaban J connectivity index is 1.72. The van der Waals surface area contributed by atoms with Crippen molar-refractivity contribution in [3.05, 3.63) is 29.1 Å². The maximum atomic E-state index is 11.6. The van der Waals surface area contributed by atoms with E-state index in [0.717, 1.165) is 4.88 Å². The molecule has 110 valence electrons. The van der Waals surface area contributed by atoms with Gasteiger partial charge in [-0.05, 0) is 41.7 Å². The van der Waals surface area contributed by atoms with Crippen molar-refractivity contribution in [3.63, 3.8) is 0 Å². The average molecular weight is 325 g/mol. The van der Waals surface area contributed by atoms with E-state index in [2.05, 4.69) is 30.7 Å². The number of rotatable bonds is 5. The van der Waals surface area contributed by atoms with Crippen LogP contribution in [0.3, 0.4) is 0 Å². The number of sulfonamides is 1. The van der Waals surface area contributed by atoms with Gasteiger partial charge in [0.15, 0.2) is 5.65 Å². The van der Waals surface area contributed by atoms with Crippen molar-refractivity contribution in [1.29, 1.82) is 0 Å². The minimum absolute atomic E-state index is 0.283. The largest absolute Gasteiger partial charge is 0.364 e. The van der Waals surface area contributed by atoms with Crippen molar-refractivity contribution >= 4 is 32.8 Å². The van der Waals surface area contributed by atoms with E-state index < -0.39 is 10.0 Å². The van der Waals surface area contributed by atoms with E-state index in [1.165, 1.54) is 23.0 Å². The predicted molar refractivity (Wildman–Crippen MR) is 76.5 cm³/mol. The van der Waals surface area contributed by atoms with E-state index in [0.29, 0.717) is 18.0 Å². The predicted octanol–water partition coefficient (Wildman–Crippen LogP) is 0.101. The van der Waals surface area contributed by atoms with Gasteiger partial charge in [-0.2, -0.15) is 0 Å². The highest BCUT2D eigenvalue weighted by molar-refractivity contribution is 7.91. The first kappa shape index (κ1) is 13.9. The molecule has 0 fully saturated rings. The van der Waals surface area contributed by atoms with E-state index in [9.17, 15) is 8.42 Å². The summed E-state index contributed by atoms with van der Waals surface area (Å²) >= 11 is 1.20. The molecule has 0 aromatic carbocycles. The molecule has 0 saturated carbocycles. The standard InChI is InChI=1S/C10H11N7O2S2/c1-11-21(18,19)10-5-2-7(20-10)6-12-8-3-4-9-13-15-16-17(9)14-8/h2-5,11H,6H2,1H3,(H,12,14). The lowest BCUT2D eigenvalue weighted by Gasteiger charge is -2.03. The summed E-state index contributed by atoms with van der Waals surface area (Å²) in [5.41, 5.74) is 0.555. The van der Waals surface area contributed by atoms with E-state index in [1.807, 2.05) is 0 Å². The third-order valence-electron chi connectivity index (χ3n) is 2.68. The molecule has 0 aliphatic carbocycles. The van der Waals surface area contributed by atoms with Crippen molar-refractivity contribution in [3.8, 4) is 0 Å². The van der Waals surface area contributed by atoms with E-state index in [4.69, 9.17) is 0 Å². The molecule has 0 spiro atoms. The van der Waals surface area contributed by atoms with Crippen LogP contribution in [-0.4, -0.2) is 40.7 Å². The van der Waals surface area contributed by atoms with Crippen LogP contribution in [0.15, 0.2) is 28.5 Å². The number of tetrazole rings is 1. The van der Waals surface area contributed by atoms with Crippen LogP contribution in [0, 0.1) is 0 Å². The van der Waals surface area contributed by atoms with E-state index in [-0.39, 0.29) is 4.21 Å². The molecular formula is C10H11N7O2S2. The normalized spacial score (nSPS) is 11.9. The van der Waals surface area contributed by atoms with Gasteiger partial charge in [-0.1, -0.05) is 0 Å². The fourth-order valence-electron chi connectivity index (χ4n) is 1.62. The lowest BCUT2D eigenvalue weighted by molar-refractivity contribution is 0.590. The molecule has 0 atom stereocenters. The summed E-state index contributed by atoms with van der Waals surface area (Å²) in [6, 6.07) is 6.83. The van der Waals surface area contributed by atoms with Gasteiger partial charge in [0.2, 0.25) is 10.0 Å². The number of thiophene rings is 1. The first-order valence-electron chi connectivity index (χ1n) is 5.90. The molecule has 3 rings (SSSR count). The summed E-state index contributed by atoms with van der Waals surface area (Å²) in [6.45, 7) is 0.463. The van der Waals surface area contributed by atoms with Crippen LogP contribution in [0.5, 0.6) is 0 Å². The van der Waals surface area contributed by atoms with Gasteiger partial charge in [0.25, 0.3) is 0 Å². The van der Waals surface area contributed by atoms with Gasteiger partial charge in [0, 0.05) is 4.88 Å². The van der Waals surface area contributed by atoms with Gasteiger partial charge in [0.05, 0.1) is 6.54 Å². The highest BCUT2D eigenvalue weighted by Gasteiger charge is 2.14. The molecular weight excluding hydrogens is 314 g/mol. The highest BCUT2D eigenvalue weighted by Crippen LogP contribution is 2.21. The molecule has 3 aromatic heterocycles. The van der Waals surface area contributed by atoms with Crippen molar-refractivity contribution in [2.75, 3.05) is 12.4 Å². The van der Waals surface area contributed by atoms with Crippen molar-refractivity contribution < 1.29 is 8.42 Å². The van der Waals surface area contributed by atoms with Crippen molar-refractivity contribution in [2.45, 2.75) is 10.8 Å². The number of nitrogens with one attached hydrogen (secondary N) is 2. The zero-order chi connectivity index (χ0) is 14.9. The van der Waals surface area contributed by atoms with Gasteiger partial charge in [-0.3, -0.25) is 0 Å². The van der Waals surface area contributed by atoms with Gasteiger partial charge < -0.3 is 5.32 Å². The maximum absolute atomic E-state index is 11.6. The third-order valence-corrected chi connectivity index (χ3v) is 5.68. The molecule has 0 bridgehead atoms. The number of aromatic nitrogens is 5. The minimum Gasteiger partial charge on any atom is -0.364 e. The number of anilines is 1. The molecule has 3 aromatic rings. The van der Waals surface area contributed by atoms with Crippen LogP contribution >= 0.6 is 11.3 Å². The Morgan fingerprint density at radius 2 is 2.14 bits per heavy atom. The van der Waals surface area contributed by atoms with Crippen LogP contribution in [0.25, 0.3) is 5.65 Å². The van der Waals surface area contributed by atoms with Crippen LogP contribution in [0.2, 0.25) is 0 Å². The molecule has 21 heavy (non-hydrogen) atoms. The summed E-state index contributed by atoms with van der Waals surface area (Å²) < 4.78 is 27.2. The lowest BCUT2D eigenvalue weighted by Crippen LogP contribution is -2.17. The summed E-state index contributed by atoms with van der Waals surface area (Å²) in [6.07, 6.45) is 0. The molecule has 2 N–H and O–H groups in total. The third kappa shape index (κ3) is 2.84. The Bertz CT molecular complexity index is 870. The Labute approximate surface area is 124 Å². The van der Waals surface area contributed by atoms with Crippen LogP contribution in [0.1, 0.15) is 4.88 Å². The highest BCUT2D eigenvalue weighted by atomic mass is 32.2. The molecule has 3 heterocycles. The fraction of sp³-hybridized carbons (Fsp3) is 0.200. The molecule has 11 heteroatoms. The molecule has 0 radical (unpaired) electrons. The number of fused-ring (bicyclic) bond motifs is 1. The Hall–Kier alpha value is -2.11. The van der Waals surface area contributed by atoms with Crippen molar-refractivity contribution in [1.82, 2.24) is 30.0 Å². The van der Waals surface area contributed by atoms with Gasteiger partial charge in [-0.25, -0.2) is 13.1 Å². The number of hydrogen-bond donors (Lipinski definition) is 2. The molecule has 0 saturated heterocycles. The van der Waals surface area contributed by atoms with Crippen LogP contribution < -0.4 is 10.0 Å². The number of hydrogen-bond acceptors (Lipinski definition) is 8. The smallest absolute Gasteiger partial charge is 0.249 e. The summed E-state index contributed by atoms with van der Waals surface area (Å²) in [4.78, 5) is 0.877. The number of nitrogens with zero attached hydrogens (tertiary/aromatic N) is 5.